The summed E-state index contributed by atoms with van der Waals surface area (Å²) in [7, 11) is 1.52. The molecule has 0 aliphatic carbocycles. The highest BCUT2D eigenvalue weighted by Crippen LogP contribution is 2.38. The number of phenolic OH excluding ortho intramolecular Hbond substituents is 1. The van der Waals surface area contributed by atoms with Crippen LogP contribution in [-0.2, 0) is 4.79 Å². The van der Waals surface area contributed by atoms with Gasteiger partial charge in [-0.2, -0.15) is 0 Å². The third kappa shape index (κ3) is 2.99. The summed E-state index contributed by atoms with van der Waals surface area (Å²) in [5.41, 5.74) is 3.24. The summed E-state index contributed by atoms with van der Waals surface area (Å²) in [5.74, 6) is -0.106. The molecule has 1 amide bonds. The molecule has 0 saturated carbocycles. The Bertz CT molecular complexity index is 824. The molecule has 0 atom stereocenters. The Morgan fingerprint density at radius 1 is 1.17 bits per heavy atom. The van der Waals surface area contributed by atoms with Crippen LogP contribution in [0.3, 0.4) is 0 Å². The SMILES string of the molecule is CN(O)c1ccc2c(c1)/C(=C/c1cc(Br)c(O)c(Br)c1)C(=O)N2. The number of anilines is 2. The van der Waals surface area contributed by atoms with Gasteiger partial charge in [0.2, 0.25) is 0 Å². The summed E-state index contributed by atoms with van der Waals surface area (Å²) in [6.45, 7) is 0. The van der Waals surface area contributed by atoms with E-state index in [1.54, 1.807) is 36.4 Å². The van der Waals surface area contributed by atoms with Crippen molar-refractivity contribution in [2.45, 2.75) is 0 Å². The van der Waals surface area contributed by atoms with Crippen molar-refractivity contribution in [1.29, 1.82) is 0 Å². The summed E-state index contributed by atoms with van der Waals surface area (Å²) in [5, 5.41) is 23.1. The minimum Gasteiger partial charge on any atom is -0.506 e. The van der Waals surface area contributed by atoms with Crippen molar-refractivity contribution in [3.63, 3.8) is 0 Å². The van der Waals surface area contributed by atoms with Gasteiger partial charge in [0, 0.05) is 23.9 Å². The first-order valence-electron chi connectivity index (χ1n) is 6.65. The fraction of sp³-hybridized carbons (Fsp3) is 0.0625. The number of hydroxylamine groups is 1. The molecule has 1 aliphatic heterocycles. The highest BCUT2D eigenvalue weighted by molar-refractivity contribution is 9.11. The summed E-state index contributed by atoms with van der Waals surface area (Å²) in [4.78, 5) is 12.2. The lowest BCUT2D eigenvalue weighted by Gasteiger charge is -2.11. The first-order valence-corrected chi connectivity index (χ1v) is 8.23. The quantitative estimate of drug-likeness (QED) is 0.483. The largest absolute Gasteiger partial charge is 0.506 e. The maximum atomic E-state index is 12.2. The zero-order valence-electron chi connectivity index (χ0n) is 12.0. The van der Waals surface area contributed by atoms with Gasteiger partial charge in [0.05, 0.1) is 14.6 Å². The van der Waals surface area contributed by atoms with E-state index in [9.17, 15) is 15.1 Å². The number of aromatic hydroxyl groups is 1. The maximum Gasteiger partial charge on any atom is 0.256 e. The van der Waals surface area contributed by atoms with Crippen LogP contribution < -0.4 is 10.4 Å². The van der Waals surface area contributed by atoms with Crippen LogP contribution in [0.15, 0.2) is 39.3 Å². The lowest BCUT2D eigenvalue weighted by atomic mass is 10.0. The number of carbonyl (C=O) groups is 1. The third-order valence-electron chi connectivity index (χ3n) is 3.51. The van der Waals surface area contributed by atoms with Crippen LogP contribution in [0.2, 0.25) is 0 Å². The molecule has 3 rings (SSSR count). The monoisotopic (exact) mass is 438 g/mol. The fourth-order valence-electron chi connectivity index (χ4n) is 2.36. The molecule has 7 heteroatoms. The molecular weight excluding hydrogens is 428 g/mol. The molecule has 2 aromatic carbocycles. The number of phenols is 1. The number of rotatable bonds is 2. The van der Waals surface area contributed by atoms with Gasteiger partial charge in [-0.05, 0) is 73.8 Å². The van der Waals surface area contributed by atoms with E-state index in [1.165, 1.54) is 7.05 Å². The van der Waals surface area contributed by atoms with E-state index in [-0.39, 0.29) is 11.7 Å². The average molecular weight is 440 g/mol. The first kappa shape index (κ1) is 16.0. The van der Waals surface area contributed by atoms with Crippen LogP contribution in [0.4, 0.5) is 11.4 Å². The molecule has 0 aromatic heterocycles. The Morgan fingerprint density at radius 3 is 2.43 bits per heavy atom. The topological polar surface area (TPSA) is 72.8 Å². The molecule has 0 bridgehead atoms. The van der Waals surface area contributed by atoms with Gasteiger partial charge in [-0.3, -0.25) is 15.1 Å². The van der Waals surface area contributed by atoms with Crippen molar-refractivity contribution in [3.05, 3.63) is 50.4 Å². The number of hydrogen-bond donors (Lipinski definition) is 3. The van der Waals surface area contributed by atoms with Gasteiger partial charge < -0.3 is 10.4 Å². The van der Waals surface area contributed by atoms with Gasteiger partial charge in [0.15, 0.2) is 0 Å². The van der Waals surface area contributed by atoms with Crippen molar-refractivity contribution >= 4 is 60.8 Å². The second kappa shape index (κ2) is 5.99. The summed E-state index contributed by atoms with van der Waals surface area (Å²) in [6.07, 6.45) is 1.73. The van der Waals surface area contributed by atoms with Gasteiger partial charge in [0.25, 0.3) is 5.91 Å². The Labute approximate surface area is 149 Å². The lowest BCUT2D eigenvalue weighted by Crippen LogP contribution is -2.09. The van der Waals surface area contributed by atoms with Crippen LogP contribution >= 0.6 is 31.9 Å². The van der Waals surface area contributed by atoms with E-state index in [1.807, 2.05) is 0 Å². The van der Waals surface area contributed by atoms with Crippen molar-refractivity contribution in [2.75, 3.05) is 17.4 Å². The number of halogens is 2. The highest BCUT2D eigenvalue weighted by atomic mass is 79.9. The first-order chi connectivity index (χ1) is 10.9. The van der Waals surface area contributed by atoms with E-state index < -0.39 is 0 Å². The van der Waals surface area contributed by atoms with Gasteiger partial charge in [0.1, 0.15) is 5.75 Å². The van der Waals surface area contributed by atoms with Crippen LogP contribution in [0.5, 0.6) is 5.75 Å². The lowest BCUT2D eigenvalue weighted by molar-refractivity contribution is -0.110. The molecule has 2 aromatic rings. The maximum absolute atomic E-state index is 12.2. The Balaban J connectivity index is 2.11. The summed E-state index contributed by atoms with van der Waals surface area (Å²) >= 11 is 6.55. The molecule has 3 N–H and O–H groups in total. The van der Waals surface area contributed by atoms with E-state index in [0.717, 1.165) is 10.6 Å². The van der Waals surface area contributed by atoms with E-state index in [0.29, 0.717) is 31.5 Å². The van der Waals surface area contributed by atoms with Gasteiger partial charge in [-0.1, -0.05) is 0 Å². The predicted octanol–water partition coefficient (Wildman–Crippen LogP) is 4.24. The predicted molar refractivity (Wildman–Crippen MR) is 96.6 cm³/mol. The second-order valence-electron chi connectivity index (χ2n) is 5.10. The molecule has 23 heavy (non-hydrogen) atoms. The number of carbonyl (C=O) groups excluding carboxylic acids is 1. The molecule has 1 aliphatic rings. The molecule has 0 spiro atoms. The summed E-state index contributed by atoms with van der Waals surface area (Å²) < 4.78 is 1.06. The van der Waals surface area contributed by atoms with Crippen molar-refractivity contribution in [2.24, 2.45) is 0 Å². The number of nitrogens with one attached hydrogen (secondary N) is 1. The minimum absolute atomic E-state index is 0.104. The Hall–Kier alpha value is -1.83. The minimum atomic E-state index is -0.210. The van der Waals surface area contributed by atoms with Crippen LogP contribution in [0, 0.1) is 0 Å². The van der Waals surface area contributed by atoms with Crippen molar-refractivity contribution < 1.29 is 15.1 Å². The molecule has 5 nitrogen and oxygen atoms in total. The number of hydrogen-bond acceptors (Lipinski definition) is 4. The molecule has 1 heterocycles. The molecular formula is C16H12Br2N2O3. The second-order valence-corrected chi connectivity index (χ2v) is 6.81. The van der Waals surface area contributed by atoms with E-state index in [2.05, 4.69) is 37.2 Å². The van der Waals surface area contributed by atoms with Gasteiger partial charge >= 0.3 is 0 Å². The van der Waals surface area contributed by atoms with Gasteiger partial charge in [-0.15, -0.1) is 0 Å². The van der Waals surface area contributed by atoms with Crippen molar-refractivity contribution in [1.82, 2.24) is 0 Å². The van der Waals surface area contributed by atoms with E-state index >= 15 is 0 Å². The summed E-state index contributed by atoms with van der Waals surface area (Å²) in [6, 6.07) is 8.65. The molecule has 0 radical (unpaired) electrons. The molecule has 118 valence electrons. The Kier molecular flexibility index (Phi) is 4.18. The van der Waals surface area contributed by atoms with Gasteiger partial charge in [-0.25, -0.2) is 0 Å². The van der Waals surface area contributed by atoms with Crippen LogP contribution in [-0.4, -0.2) is 23.3 Å². The van der Waals surface area contributed by atoms with E-state index in [4.69, 9.17) is 0 Å². The number of nitrogens with zero attached hydrogens (tertiary/aromatic N) is 1. The number of fused-ring (bicyclic) bond motifs is 1. The molecule has 0 saturated heterocycles. The zero-order chi connectivity index (χ0) is 16.7. The number of benzene rings is 2. The number of amides is 1. The smallest absolute Gasteiger partial charge is 0.256 e. The average Bonchev–Trinajstić information content (AvgIpc) is 2.80. The fourth-order valence-corrected chi connectivity index (χ4v) is 3.58. The van der Waals surface area contributed by atoms with Crippen molar-refractivity contribution in [3.8, 4) is 5.75 Å². The normalized spacial score (nSPS) is 14.8. The Morgan fingerprint density at radius 2 is 1.83 bits per heavy atom. The zero-order valence-corrected chi connectivity index (χ0v) is 15.1. The van der Waals surface area contributed by atoms with Crippen LogP contribution in [0.1, 0.15) is 11.1 Å². The highest BCUT2D eigenvalue weighted by Gasteiger charge is 2.25. The molecule has 0 fully saturated rings. The van der Waals surface area contributed by atoms with Crippen LogP contribution in [0.25, 0.3) is 11.6 Å². The molecule has 0 unspecified atom stereocenters. The standard InChI is InChI=1S/C16H12Br2N2O3/c1-20(23)9-2-3-14-10(7-9)11(16(22)19-14)4-8-5-12(17)15(21)13(18)6-8/h2-7,21,23H,1H3,(H,19,22)/b11-4-. The third-order valence-corrected chi connectivity index (χ3v) is 4.72.